The molecule has 0 amide bonds. The molecule has 0 unspecified atom stereocenters. The van der Waals surface area contributed by atoms with E-state index in [4.69, 9.17) is 65.9 Å². The third-order valence-electron chi connectivity index (χ3n) is 13.1. The number of hydrogen-bond acceptors (Lipinski definition) is 16. The van der Waals surface area contributed by atoms with Gasteiger partial charge in [-0.15, -0.1) is 0 Å². The van der Waals surface area contributed by atoms with Crippen molar-refractivity contribution in [1.82, 2.24) is 10.3 Å². The van der Waals surface area contributed by atoms with Gasteiger partial charge in [0.2, 0.25) is 0 Å². The van der Waals surface area contributed by atoms with E-state index in [1.54, 1.807) is 62.4 Å². The largest absolute Gasteiger partial charge is 0.487 e. The highest BCUT2D eigenvalue weighted by Crippen LogP contribution is 2.34. The average molecular weight is 1110 g/mol. The minimum absolute atomic E-state index is 0.0524. The number of halogens is 4. The zero-order chi connectivity index (χ0) is 55.5. The Morgan fingerprint density at radius 1 is 0.388 bits per heavy atom. The van der Waals surface area contributed by atoms with Gasteiger partial charge in [-0.2, -0.15) is 0 Å². The van der Waals surface area contributed by atoms with Crippen molar-refractivity contribution in [2.24, 2.45) is 0 Å². The molecule has 2 aliphatic heterocycles. The van der Waals surface area contributed by atoms with Crippen LogP contribution in [0.4, 0.5) is 17.6 Å². The summed E-state index contributed by atoms with van der Waals surface area (Å²) in [4.78, 5) is 0. The van der Waals surface area contributed by atoms with E-state index in [2.05, 4.69) is 10.3 Å². The molecule has 20 heteroatoms. The Labute approximate surface area is 460 Å². The lowest BCUT2D eigenvalue weighted by Crippen LogP contribution is -2.29. The van der Waals surface area contributed by atoms with Gasteiger partial charge in [0.15, 0.2) is 69.3 Å². The molecule has 0 saturated carbocycles. The minimum atomic E-state index is -1.56. The molecule has 2 aliphatic rings. The third-order valence-corrected chi connectivity index (χ3v) is 13.1. The summed E-state index contributed by atoms with van der Waals surface area (Å²) in [6, 6.07) is 29.1. The molecule has 0 atom stereocenters. The Morgan fingerprint density at radius 3 is 0.950 bits per heavy atom. The highest BCUT2D eigenvalue weighted by atomic mass is 19.2. The predicted molar refractivity (Wildman–Crippen MR) is 282 cm³/mol. The Balaban J connectivity index is 0.818. The molecular weight excluding hydrogens is 1050 g/mol. The standard InChI is InChI=1S/C60H64F4N2O14/c1-39-43(13-11-23-69-41-35-75-51-19-7-3-15-47(51)71-29-25-67-26-30-72-48-16-4-8-20-52(48)76-36-41)55(79-65-39)33-45-57(61)59(63)46(60(64)58(45)62)34-56-44(40(2)66-80-56)14-12-24-70-42-37-77-53-21-9-5-17-49(53)73-31-27-68-28-32-74-50-18-6-10-22-54(50)78-38-42/h3-10,15-22,41-42H,11-14,23-38H2,1-2H3. The smallest absolute Gasteiger partial charge is 0.165 e. The molecule has 0 fully saturated rings. The maximum Gasteiger partial charge on any atom is 0.165 e. The van der Waals surface area contributed by atoms with Crippen molar-refractivity contribution in [1.29, 1.82) is 0 Å². The highest BCUT2D eigenvalue weighted by Gasteiger charge is 2.30. The summed E-state index contributed by atoms with van der Waals surface area (Å²) < 4.78 is 148. The van der Waals surface area contributed by atoms with Crippen molar-refractivity contribution < 1.29 is 83.5 Å². The second-order valence-corrected chi connectivity index (χ2v) is 18.7. The SMILES string of the molecule is Cc1noc(Cc2c(F)c(F)c(Cc3onc(C)c3CCCOC3COc4ccccc4OCCOCCOc4ccccc4OC3)c(F)c2F)c1CCCOC1COc2ccccc2OCCOCCOc2ccccc2OC1. The van der Waals surface area contributed by atoms with E-state index < -0.39 is 59.4 Å². The van der Waals surface area contributed by atoms with Crippen molar-refractivity contribution in [2.75, 3.05) is 92.5 Å². The van der Waals surface area contributed by atoms with Crippen molar-refractivity contribution in [3.8, 4) is 46.0 Å². The van der Waals surface area contributed by atoms with Crippen LogP contribution in [0.2, 0.25) is 0 Å². The van der Waals surface area contributed by atoms with E-state index >= 15 is 17.6 Å². The zero-order valence-electron chi connectivity index (χ0n) is 44.7. The van der Waals surface area contributed by atoms with Crippen molar-refractivity contribution in [3.63, 3.8) is 0 Å². The monoisotopic (exact) mass is 1110 g/mol. The molecule has 2 aromatic heterocycles. The van der Waals surface area contributed by atoms with E-state index in [0.29, 0.717) is 147 Å². The fraction of sp³-hybridized carbons (Fsp3) is 0.400. The maximum absolute atomic E-state index is 16.1. The van der Waals surface area contributed by atoms with Crippen LogP contribution in [0.1, 0.15) is 58.0 Å². The van der Waals surface area contributed by atoms with Crippen LogP contribution in [-0.2, 0) is 44.6 Å². The van der Waals surface area contributed by atoms with Gasteiger partial charge in [-0.05, 0) is 88.1 Å². The van der Waals surface area contributed by atoms with Crippen LogP contribution in [0, 0.1) is 37.1 Å². The number of ether oxygens (including phenoxy) is 12. The van der Waals surface area contributed by atoms with Gasteiger partial charge in [-0.1, -0.05) is 58.8 Å². The number of benzene rings is 5. The van der Waals surface area contributed by atoms with Gasteiger partial charge in [0, 0.05) is 48.3 Å². The first-order valence-electron chi connectivity index (χ1n) is 26.7. The lowest BCUT2D eigenvalue weighted by atomic mass is 9.97. The molecule has 0 aliphatic carbocycles. The molecular formula is C60H64F4N2O14. The first-order chi connectivity index (χ1) is 39.2. The number of aromatic nitrogens is 2. The zero-order valence-corrected chi connectivity index (χ0v) is 44.7. The third kappa shape index (κ3) is 15.4. The lowest BCUT2D eigenvalue weighted by molar-refractivity contribution is -0.00989. The highest BCUT2D eigenvalue weighted by molar-refractivity contribution is 5.43. The first kappa shape index (κ1) is 57.2. The molecule has 0 saturated heterocycles. The Hall–Kier alpha value is -7.52. The van der Waals surface area contributed by atoms with E-state index in [0.717, 1.165) is 0 Å². The van der Waals surface area contributed by atoms with E-state index in [-0.39, 0.29) is 51.2 Å². The fourth-order valence-electron chi connectivity index (χ4n) is 8.96. The van der Waals surface area contributed by atoms with E-state index in [1.807, 2.05) is 48.5 Å². The normalized spacial score (nSPS) is 15.4. The molecule has 0 N–H and O–H groups in total. The molecule has 16 nitrogen and oxygen atoms in total. The summed E-state index contributed by atoms with van der Waals surface area (Å²) in [6.07, 6.45) is -0.962. The number of fused-ring (bicyclic) bond motifs is 4. The van der Waals surface area contributed by atoms with Gasteiger partial charge in [-0.25, -0.2) is 17.6 Å². The molecule has 0 radical (unpaired) electrons. The fourth-order valence-corrected chi connectivity index (χ4v) is 8.96. The summed E-state index contributed by atoms with van der Waals surface area (Å²) in [6.45, 7) is 6.74. The number of aryl methyl sites for hydroxylation is 2. The van der Waals surface area contributed by atoms with Gasteiger partial charge in [0.1, 0.15) is 76.6 Å². The van der Waals surface area contributed by atoms with E-state index in [1.165, 1.54) is 0 Å². The van der Waals surface area contributed by atoms with Gasteiger partial charge in [0.05, 0.1) is 37.8 Å². The number of para-hydroxylation sites is 8. The van der Waals surface area contributed by atoms with Crippen LogP contribution in [0.25, 0.3) is 0 Å². The summed E-state index contributed by atoms with van der Waals surface area (Å²) >= 11 is 0. The molecule has 0 spiro atoms. The predicted octanol–water partition coefficient (Wildman–Crippen LogP) is 10.5. The quantitative estimate of drug-likeness (QED) is 0.0574. The summed E-state index contributed by atoms with van der Waals surface area (Å²) in [5.74, 6) is -1.89. The maximum atomic E-state index is 16.1. The minimum Gasteiger partial charge on any atom is -0.487 e. The van der Waals surface area contributed by atoms with Crippen LogP contribution in [0.3, 0.4) is 0 Å². The van der Waals surface area contributed by atoms with Gasteiger partial charge >= 0.3 is 0 Å². The van der Waals surface area contributed by atoms with Gasteiger partial charge in [-0.3, -0.25) is 0 Å². The van der Waals surface area contributed by atoms with Crippen molar-refractivity contribution >= 4 is 0 Å². The summed E-state index contributed by atoms with van der Waals surface area (Å²) in [7, 11) is 0. The average Bonchev–Trinajstić information content (AvgIpc) is 4.01. The van der Waals surface area contributed by atoms with E-state index in [9.17, 15) is 0 Å². The molecule has 80 heavy (non-hydrogen) atoms. The van der Waals surface area contributed by atoms with Crippen LogP contribution < -0.4 is 37.9 Å². The first-order valence-corrected chi connectivity index (χ1v) is 26.7. The Morgan fingerprint density at radius 2 is 0.662 bits per heavy atom. The van der Waals surface area contributed by atoms with Crippen LogP contribution in [0.5, 0.6) is 46.0 Å². The molecule has 426 valence electrons. The Kier molecular flexibility index (Phi) is 20.8. The lowest BCUT2D eigenvalue weighted by Gasteiger charge is -2.21. The summed E-state index contributed by atoms with van der Waals surface area (Å²) in [5.41, 5.74) is 0.252. The van der Waals surface area contributed by atoms with Crippen molar-refractivity contribution in [2.45, 2.75) is 64.6 Å². The molecule has 9 rings (SSSR count). The molecule has 5 aromatic carbocycles. The Bertz CT molecular complexity index is 2740. The van der Waals surface area contributed by atoms with Crippen LogP contribution in [0.15, 0.2) is 106 Å². The van der Waals surface area contributed by atoms with Crippen LogP contribution in [-0.4, -0.2) is 115 Å². The number of hydrogen-bond donors (Lipinski definition) is 0. The summed E-state index contributed by atoms with van der Waals surface area (Å²) in [5, 5.41) is 8.07. The molecule has 7 aromatic rings. The molecule has 4 heterocycles. The topological polar surface area (TPSA) is 163 Å². The number of nitrogens with zero attached hydrogens (tertiary/aromatic N) is 2. The second kappa shape index (κ2) is 29.1. The van der Waals surface area contributed by atoms with Gasteiger partial charge in [0.25, 0.3) is 0 Å². The molecule has 0 bridgehead atoms. The second-order valence-electron chi connectivity index (χ2n) is 18.7. The van der Waals surface area contributed by atoms with Crippen molar-refractivity contribution in [3.05, 3.63) is 165 Å². The van der Waals surface area contributed by atoms with Crippen LogP contribution >= 0.6 is 0 Å². The number of rotatable bonds is 14. The van der Waals surface area contributed by atoms with Gasteiger partial charge < -0.3 is 65.9 Å².